The summed E-state index contributed by atoms with van der Waals surface area (Å²) in [5, 5.41) is 17.3. The van der Waals surface area contributed by atoms with E-state index in [1.807, 2.05) is 51.2 Å². The molecule has 2 amide bonds. The van der Waals surface area contributed by atoms with Crippen LogP contribution in [0.1, 0.15) is 56.2 Å². The molecule has 3 aromatic rings. The first-order valence-corrected chi connectivity index (χ1v) is 12.3. The molecule has 1 aliphatic heterocycles. The smallest absolute Gasteiger partial charge is 0.243 e. The van der Waals surface area contributed by atoms with E-state index < -0.39 is 18.1 Å². The van der Waals surface area contributed by atoms with Crippen LogP contribution in [0.2, 0.25) is 0 Å². The second-order valence-electron chi connectivity index (χ2n) is 9.21. The van der Waals surface area contributed by atoms with Crippen molar-refractivity contribution in [1.82, 2.24) is 20.4 Å². The summed E-state index contributed by atoms with van der Waals surface area (Å²) in [5.41, 5.74) is 4.51. The number of hydrogen-bond acceptors (Lipinski definition) is 7. The van der Waals surface area contributed by atoms with Gasteiger partial charge in [-0.2, -0.15) is 0 Å². The van der Waals surface area contributed by atoms with Crippen molar-refractivity contribution in [3.05, 3.63) is 59.1 Å². The number of hydrogen-bond donors (Lipinski definition) is 2. The Hall–Kier alpha value is -3.04. The highest BCUT2D eigenvalue weighted by Gasteiger charge is 2.43. The Morgan fingerprint density at radius 2 is 1.97 bits per heavy atom. The summed E-state index contributed by atoms with van der Waals surface area (Å²) in [5.74, 6) is -0.659. The van der Waals surface area contributed by atoms with Crippen LogP contribution in [0.3, 0.4) is 0 Å². The Kier molecular flexibility index (Phi) is 7.13. The standard InChI is InChI=1S/C25H30N4O4S/c1-14(2)23(21-9-15(3)28-33-21)25(32)29-12-19(30)10-20(29)24(31)27-16(4)17-5-7-18(8-6-17)22-11-26-13-34-22/h5-9,11,13-14,16,19-20,23,30H,10,12H2,1-4H3,(H,27,31)/t16-,19+,20-,23?/m0/s1. The fourth-order valence-corrected chi connectivity index (χ4v) is 5.07. The normalized spacial score (nSPS) is 19.9. The molecule has 0 radical (unpaired) electrons. The number of amides is 2. The van der Waals surface area contributed by atoms with Crippen LogP contribution in [0.25, 0.3) is 10.4 Å². The quantitative estimate of drug-likeness (QED) is 0.532. The first-order valence-electron chi connectivity index (χ1n) is 11.5. The topological polar surface area (TPSA) is 109 Å². The highest BCUT2D eigenvalue weighted by Crippen LogP contribution is 2.31. The summed E-state index contributed by atoms with van der Waals surface area (Å²) in [6.07, 6.45) is 1.28. The molecule has 1 aliphatic rings. The summed E-state index contributed by atoms with van der Waals surface area (Å²) in [6, 6.07) is 8.73. The number of nitrogens with zero attached hydrogens (tertiary/aromatic N) is 3. The van der Waals surface area contributed by atoms with E-state index in [0.29, 0.717) is 11.5 Å². The molecule has 180 valence electrons. The van der Waals surface area contributed by atoms with Gasteiger partial charge in [-0.3, -0.25) is 14.6 Å². The van der Waals surface area contributed by atoms with E-state index in [-0.39, 0.29) is 36.7 Å². The number of nitrogens with one attached hydrogen (secondary N) is 1. The molecule has 1 fully saturated rings. The van der Waals surface area contributed by atoms with Gasteiger partial charge in [0.05, 0.1) is 28.2 Å². The summed E-state index contributed by atoms with van der Waals surface area (Å²) >= 11 is 1.57. The minimum Gasteiger partial charge on any atom is -0.391 e. The van der Waals surface area contributed by atoms with Crippen molar-refractivity contribution in [2.24, 2.45) is 5.92 Å². The van der Waals surface area contributed by atoms with Crippen LogP contribution in [0.4, 0.5) is 0 Å². The zero-order chi connectivity index (χ0) is 24.4. The van der Waals surface area contributed by atoms with E-state index in [1.54, 1.807) is 29.8 Å². The number of aliphatic hydroxyl groups is 1. The van der Waals surface area contributed by atoms with Crippen LogP contribution in [-0.4, -0.2) is 50.7 Å². The van der Waals surface area contributed by atoms with Crippen molar-refractivity contribution in [2.45, 2.75) is 58.2 Å². The Bertz CT molecular complexity index is 1130. The monoisotopic (exact) mass is 482 g/mol. The largest absolute Gasteiger partial charge is 0.391 e. The van der Waals surface area contributed by atoms with Gasteiger partial charge in [0, 0.05) is 25.2 Å². The molecule has 0 saturated carbocycles. The third-order valence-corrected chi connectivity index (χ3v) is 7.06. The van der Waals surface area contributed by atoms with Gasteiger partial charge < -0.3 is 19.8 Å². The number of carbonyl (C=O) groups is 2. The third kappa shape index (κ3) is 5.05. The molecule has 4 rings (SSSR count). The number of benzene rings is 1. The second kappa shape index (κ2) is 10.1. The van der Waals surface area contributed by atoms with Gasteiger partial charge in [-0.15, -0.1) is 11.3 Å². The van der Waals surface area contributed by atoms with Gasteiger partial charge in [-0.1, -0.05) is 43.3 Å². The number of rotatable bonds is 7. The maximum absolute atomic E-state index is 13.5. The molecular weight excluding hydrogens is 452 g/mol. The number of β-amino-alcohol motifs (C(OH)–C–C–N with tert-alkyl or cyclic N) is 1. The van der Waals surface area contributed by atoms with E-state index in [9.17, 15) is 14.7 Å². The summed E-state index contributed by atoms with van der Waals surface area (Å²) < 4.78 is 5.39. The van der Waals surface area contributed by atoms with E-state index in [4.69, 9.17) is 4.52 Å². The van der Waals surface area contributed by atoms with E-state index in [2.05, 4.69) is 15.5 Å². The van der Waals surface area contributed by atoms with Crippen molar-refractivity contribution in [1.29, 1.82) is 0 Å². The minimum absolute atomic E-state index is 0.0581. The lowest BCUT2D eigenvalue weighted by atomic mass is 9.91. The molecule has 2 N–H and O–H groups in total. The lowest BCUT2D eigenvalue weighted by molar-refractivity contribution is -0.141. The van der Waals surface area contributed by atoms with Crippen LogP contribution in [0.5, 0.6) is 0 Å². The zero-order valence-electron chi connectivity index (χ0n) is 19.8. The Morgan fingerprint density at radius 3 is 2.56 bits per heavy atom. The molecule has 0 bridgehead atoms. The molecular formula is C25H30N4O4S. The highest BCUT2D eigenvalue weighted by molar-refractivity contribution is 7.13. The molecule has 1 unspecified atom stereocenters. The molecule has 34 heavy (non-hydrogen) atoms. The number of aryl methyl sites for hydroxylation is 1. The van der Waals surface area contributed by atoms with Crippen molar-refractivity contribution in [3.63, 3.8) is 0 Å². The molecule has 9 heteroatoms. The maximum Gasteiger partial charge on any atom is 0.243 e. The zero-order valence-corrected chi connectivity index (χ0v) is 20.6. The molecule has 8 nitrogen and oxygen atoms in total. The average molecular weight is 483 g/mol. The summed E-state index contributed by atoms with van der Waals surface area (Å²) in [4.78, 5) is 33.4. The number of aliphatic hydroxyl groups excluding tert-OH is 1. The molecule has 0 aliphatic carbocycles. The highest BCUT2D eigenvalue weighted by atomic mass is 32.1. The average Bonchev–Trinajstić information content (AvgIpc) is 3.55. The molecule has 3 heterocycles. The SMILES string of the molecule is Cc1cc(C(C(=O)N2C[C@H](O)C[C@H]2C(=O)N[C@@H](C)c2ccc(-c3cncs3)cc2)C(C)C)on1. The Balaban J connectivity index is 1.47. The fourth-order valence-electron chi connectivity index (χ4n) is 4.44. The first-order chi connectivity index (χ1) is 16.2. The van der Waals surface area contributed by atoms with E-state index in [0.717, 1.165) is 16.0 Å². The van der Waals surface area contributed by atoms with E-state index >= 15 is 0 Å². The third-order valence-electron chi connectivity index (χ3n) is 6.24. The summed E-state index contributed by atoms with van der Waals surface area (Å²) in [7, 11) is 0. The van der Waals surface area contributed by atoms with Crippen molar-refractivity contribution in [3.8, 4) is 10.4 Å². The van der Waals surface area contributed by atoms with Crippen molar-refractivity contribution < 1.29 is 19.2 Å². The predicted octanol–water partition coefficient (Wildman–Crippen LogP) is 3.69. The molecule has 2 aromatic heterocycles. The molecule has 4 atom stereocenters. The number of thiazole rings is 1. The minimum atomic E-state index is -0.752. The van der Waals surface area contributed by atoms with Gasteiger partial charge in [0.25, 0.3) is 0 Å². The summed E-state index contributed by atoms with van der Waals surface area (Å²) in [6.45, 7) is 7.69. The van der Waals surface area contributed by atoms with Crippen LogP contribution in [0, 0.1) is 12.8 Å². The predicted molar refractivity (Wildman–Crippen MR) is 129 cm³/mol. The maximum atomic E-state index is 13.5. The van der Waals surface area contributed by atoms with Gasteiger partial charge >= 0.3 is 0 Å². The molecule has 1 aromatic carbocycles. The van der Waals surface area contributed by atoms with Gasteiger partial charge in [0.1, 0.15) is 17.7 Å². The van der Waals surface area contributed by atoms with Crippen LogP contribution in [0.15, 0.2) is 46.6 Å². The number of aromatic nitrogens is 2. The van der Waals surface area contributed by atoms with Gasteiger partial charge in [-0.05, 0) is 30.9 Å². The van der Waals surface area contributed by atoms with Crippen molar-refractivity contribution in [2.75, 3.05) is 6.54 Å². The van der Waals surface area contributed by atoms with Gasteiger partial charge in [0.15, 0.2) is 0 Å². The first kappa shape index (κ1) is 24.1. The van der Waals surface area contributed by atoms with Crippen LogP contribution in [-0.2, 0) is 9.59 Å². The van der Waals surface area contributed by atoms with Crippen molar-refractivity contribution >= 4 is 23.2 Å². The second-order valence-corrected chi connectivity index (χ2v) is 10.1. The molecule has 0 spiro atoms. The fraction of sp³-hybridized carbons (Fsp3) is 0.440. The Labute approximate surface area is 203 Å². The van der Waals surface area contributed by atoms with Gasteiger partial charge in [-0.25, -0.2) is 0 Å². The lowest BCUT2D eigenvalue weighted by Gasteiger charge is -2.29. The number of carbonyl (C=O) groups excluding carboxylic acids is 2. The van der Waals surface area contributed by atoms with Crippen LogP contribution < -0.4 is 5.32 Å². The lowest BCUT2D eigenvalue weighted by Crippen LogP contribution is -2.48. The Morgan fingerprint density at radius 1 is 1.24 bits per heavy atom. The van der Waals surface area contributed by atoms with Crippen LogP contribution >= 0.6 is 11.3 Å². The molecule has 1 saturated heterocycles. The number of likely N-dealkylation sites (tertiary alicyclic amines) is 1. The van der Waals surface area contributed by atoms with Gasteiger partial charge in [0.2, 0.25) is 11.8 Å². The van der Waals surface area contributed by atoms with E-state index in [1.165, 1.54) is 4.90 Å².